The molecule has 0 aromatic carbocycles. The molecule has 0 spiro atoms. The first-order valence-corrected chi connectivity index (χ1v) is 5.45. The first-order valence-electron chi connectivity index (χ1n) is 5.45. The Kier molecular flexibility index (Phi) is 4.81. The molecule has 0 bridgehead atoms. The van der Waals surface area contributed by atoms with Crippen molar-refractivity contribution < 1.29 is 9.59 Å². The molecular formula is C12H14N4O2. The highest BCUT2D eigenvalue weighted by Crippen LogP contribution is 2.05. The molecule has 0 saturated carbocycles. The number of hydrogen-bond acceptors (Lipinski definition) is 4. The zero-order valence-electron chi connectivity index (χ0n) is 9.96. The lowest BCUT2D eigenvalue weighted by atomic mass is 10.0. The maximum atomic E-state index is 11.8. The van der Waals surface area contributed by atoms with Gasteiger partial charge in [-0.25, -0.2) is 0 Å². The number of amides is 2. The van der Waals surface area contributed by atoms with Crippen LogP contribution in [-0.2, 0) is 4.79 Å². The lowest BCUT2D eigenvalue weighted by molar-refractivity contribution is -0.120. The fraction of sp³-hybridized carbons (Fsp3) is 0.333. The summed E-state index contributed by atoms with van der Waals surface area (Å²) in [5.41, 5.74) is 5.38. The monoisotopic (exact) mass is 246 g/mol. The summed E-state index contributed by atoms with van der Waals surface area (Å²) in [5.74, 6) is -1.52. The molecule has 18 heavy (non-hydrogen) atoms. The highest BCUT2D eigenvalue weighted by Gasteiger charge is 2.21. The van der Waals surface area contributed by atoms with E-state index in [0.29, 0.717) is 0 Å². The summed E-state index contributed by atoms with van der Waals surface area (Å²) in [6.45, 7) is 1.66. The number of nitrogens with two attached hydrogens (primary N) is 1. The zero-order chi connectivity index (χ0) is 13.5. The summed E-state index contributed by atoms with van der Waals surface area (Å²) in [7, 11) is 0. The number of primary amides is 1. The van der Waals surface area contributed by atoms with E-state index in [-0.39, 0.29) is 18.0 Å². The Morgan fingerprint density at radius 2 is 2.28 bits per heavy atom. The molecule has 1 rings (SSSR count). The zero-order valence-corrected chi connectivity index (χ0v) is 9.96. The summed E-state index contributed by atoms with van der Waals surface area (Å²) in [4.78, 5) is 26.8. The Morgan fingerprint density at radius 1 is 1.56 bits per heavy atom. The molecule has 3 N–H and O–H groups in total. The highest BCUT2D eigenvalue weighted by atomic mass is 16.2. The first kappa shape index (κ1) is 13.6. The minimum absolute atomic E-state index is 0.185. The van der Waals surface area contributed by atoms with Gasteiger partial charge < -0.3 is 11.1 Å². The van der Waals surface area contributed by atoms with Crippen molar-refractivity contribution in [1.82, 2.24) is 10.3 Å². The minimum atomic E-state index is -0.867. The van der Waals surface area contributed by atoms with Crippen molar-refractivity contribution in [2.24, 2.45) is 11.7 Å². The summed E-state index contributed by atoms with van der Waals surface area (Å²) in [6.07, 6.45) is 1.66. The van der Waals surface area contributed by atoms with Crippen molar-refractivity contribution in [2.45, 2.75) is 19.4 Å². The van der Waals surface area contributed by atoms with Gasteiger partial charge in [0.05, 0.1) is 6.07 Å². The predicted octanol–water partition coefficient (Wildman–Crippen LogP) is 0.215. The maximum absolute atomic E-state index is 11.8. The van der Waals surface area contributed by atoms with Gasteiger partial charge in [-0.05, 0) is 25.5 Å². The van der Waals surface area contributed by atoms with Crippen molar-refractivity contribution in [3.05, 3.63) is 30.1 Å². The first-order chi connectivity index (χ1) is 8.54. The topological polar surface area (TPSA) is 109 Å². The van der Waals surface area contributed by atoms with Crippen LogP contribution in [0.3, 0.4) is 0 Å². The van der Waals surface area contributed by atoms with Gasteiger partial charge in [0.2, 0.25) is 5.91 Å². The minimum Gasteiger partial charge on any atom is -0.368 e. The molecule has 2 amide bonds. The summed E-state index contributed by atoms with van der Waals surface area (Å²) in [6, 6.07) is 6.00. The van der Waals surface area contributed by atoms with Crippen LogP contribution in [0.5, 0.6) is 0 Å². The van der Waals surface area contributed by atoms with E-state index in [0.717, 1.165) is 0 Å². The normalized spacial score (nSPS) is 13.1. The van der Waals surface area contributed by atoms with Gasteiger partial charge in [0.25, 0.3) is 5.91 Å². The van der Waals surface area contributed by atoms with Gasteiger partial charge in [-0.2, -0.15) is 5.26 Å². The summed E-state index contributed by atoms with van der Waals surface area (Å²) in [5, 5.41) is 11.2. The van der Waals surface area contributed by atoms with Crippen LogP contribution in [-0.4, -0.2) is 22.8 Å². The van der Waals surface area contributed by atoms with Crippen molar-refractivity contribution in [1.29, 1.82) is 5.26 Å². The van der Waals surface area contributed by atoms with E-state index in [9.17, 15) is 9.59 Å². The fourth-order valence-corrected chi connectivity index (χ4v) is 1.38. The van der Waals surface area contributed by atoms with Gasteiger partial charge in [0, 0.05) is 12.1 Å². The smallest absolute Gasteiger partial charge is 0.270 e. The average Bonchev–Trinajstić information content (AvgIpc) is 2.38. The number of rotatable bonds is 5. The van der Waals surface area contributed by atoms with Crippen LogP contribution in [0.1, 0.15) is 23.8 Å². The van der Waals surface area contributed by atoms with Crippen LogP contribution in [0, 0.1) is 17.2 Å². The van der Waals surface area contributed by atoms with Gasteiger partial charge in [-0.1, -0.05) is 6.07 Å². The number of pyridine rings is 1. The van der Waals surface area contributed by atoms with E-state index in [1.807, 2.05) is 6.07 Å². The summed E-state index contributed by atoms with van der Waals surface area (Å²) >= 11 is 0. The third-order valence-corrected chi connectivity index (χ3v) is 2.36. The van der Waals surface area contributed by atoms with E-state index in [1.54, 1.807) is 19.1 Å². The lowest BCUT2D eigenvalue weighted by Gasteiger charge is -2.15. The number of carbonyl (C=O) groups is 2. The number of nitriles is 1. The van der Waals surface area contributed by atoms with Crippen LogP contribution in [0.25, 0.3) is 0 Å². The number of aromatic nitrogens is 1. The van der Waals surface area contributed by atoms with Crippen molar-refractivity contribution in [3.63, 3.8) is 0 Å². The molecule has 0 radical (unpaired) electrons. The second kappa shape index (κ2) is 6.35. The molecule has 2 atom stereocenters. The van der Waals surface area contributed by atoms with Crippen molar-refractivity contribution >= 4 is 11.8 Å². The SMILES string of the molecule is C[C@@H](C#N)C[C@H](NC(=O)c1ccccn1)C(N)=O. The molecule has 1 aromatic heterocycles. The molecule has 94 valence electrons. The molecule has 6 heteroatoms. The van der Waals surface area contributed by atoms with Gasteiger partial charge in [0.1, 0.15) is 11.7 Å². The Morgan fingerprint density at radius 3 is 2.78 bits per heavy atom. The Hall–Kier alpha value is -2.42. The van der Waals surface area contributed by atoms with Crippen LogP contribution in [0.2, 0.25) is 0 Å². The number of nitrogens with one attached hydrogen (secondary N) is 1. The molecule has 6 nitrogen and oxygen atoms in total. The van der Waals surface area contributed by atoms with E-state index in [1.165, 1.54) is 12.3 Å². The molecule has 0 aliphatic rings. The fourth-order valence-electron chi connectivity index (χ4n) is 1.38. The Labute approximate surface area is 105 Å². The van der Waals surface area contributed by atoms with Gasteiger partial charge >= 0.3 is 0 Å². The number of carbonyl (C=O) groups excluding carboxylic acids is 2. The van der Waals surface area contributed by atoms with Crippen molar-refractivity contribution in [3.8, 4) is 6.07 Å². The number of hydrogen-bond donors (Lipinski definition) is 2. The van der Waals surface area contributed by atoms with E-state index >= 15 is 0 Å². The largest absolute Gasteiger partial charge is 0.368 e. The number of nitrogens with zero attached hydrogens (tertiary/aromatic N) is 2. The highest BCUT2D eigenvalue weighted by molar-refractivity contribution is 5.95. The lowest BCUT2D eigenvalue weighted by Crippen LogP contribution is -2.45. The molecule has 1 aromatic rings. The quantitative estimate of drug-likeness (QED) is 0.774. The third-order valence-electron chi connectivity index (χ3n) is 2.36. The average molecular weight is 246 g/mol. The second-order valence-electron chi connectivity index (χ2n) is 3.91. The second-order valence-corrected chi connectivity index (χ2v) is 3.91. The predicted molar refractivity (Wildman–Crippen MR) is 64.1 cm³/mol. The third kappa shape index (κ3) is 3.87. The van der Waals surface area contributed by atoms with Crippen LogP contribution in [0.15, 0.2) is 24.4 Å². The van der Waals surface area contributed by atoms with Gasteiger partial charge in [-0.15, -0.1) is 0 Å². The van der Waals surface area contributed by atoms with Gasteiger partial charge in [0.15, 0.2) is 0 Å². The molecule has 0 aliphatic carbocycles. The van der Waals surface area contributed by atoms with Crippen LogP contribution < -0.4 is 11.1 Å². The van der Waals surface area contributed by atoms with E-state index in [2.05, 4.69) is 10.3 Å². The molecule has 0 saturated heterocycles. The molecule has 1 heterocycles. The standard InChI is InChI=1S/C12H14N4O2/c1-8(7-13)6-10(11(14)17)16-12(18)9-4-2-3-5-15-9/h2-5,8,10H,6H2,1H3,(H2,14,17)(H,16,18)/t8-,10+/m1/s1. The van der Waals surface area contributed by atoms with E-state index in [4.69, 9.17) is 11.0 Å². The summed E-state index contributed by atoms with van der Waals surface area (Å²) < 4.78 is 0. The van der Waals surface area contributed by atoms with Crippen LogP contribution >= 0.6 is 0 Å². The molecular weight excluding hydrogens is 232 g/mol. The molecule has 0 fully saturated rings. The molecule has 0 aliphatic heterocycles. The van der Waals surface area contributed by atoms with Crippen molar-refractivity contribution in [2.75, 3.05) is 0 Å². The van der Waals surface area contributed by atoms with Crippen LogP contribution in [0.4, 0.5) is 0 Å². The molecule has 0 unspecified atom stereocenters. The Bertz CT molecular complexity index is 467. The van der Waals surface area contributed by atoms with Gasteiger partial charge in [-0.3, -0.25) is 14.6 Å². The van der Waals surface area contributed by atoms with E-state index < -0.39 is 17.9 Å². The maximum Gasteiger partial charge on any atom is 0.270 e. The Balaban J connectivity index is 2.71.